The zero-order valence-corrected chi connectivity index (χ0v) is 22.7. The topological polar surface area (TPSA) is 76.8 Å². The standard InChI is InChI=1S/C31H32FNO5S/c1-2-3-4-5-8-24-12-14-26(15-13-24)31(34)33(23-29-11-7-20-37-29)22-25-9-6-10-28(21-25)38-39(35,36)30-18-16-27(32)17-19-30/h6-7,9-21H,2-5,8,22-23H2,1H3. The third-order valence-electron chi connectivity index (χ3n) is 6.31. The van der Waals surface area contributed by atoms with E-state index >= 15 is 0 Å². The Labute approximate surface area is 229 Å². The van der Waals surface area contributed by atoms with Crippen molar-refractivity contribution in [1.29, 1.82) is 0 Å². The van der Waals surface area contributed by atoms with Crippen molar-refractivity contribution in [3.05, 3.63) is 119 Å². The molecule has 1 heterocycles. The SMILES string of the molecule is CCCCCCc1ccc(C(=O)N(Cc2cccc(OS(=O)(=O)c3ccc(F)cc3)c2)Cc2ccco2)cc1. The monoisotopic (exact) mass is 549 g/mol. The van der Waals surface area contributed by atoms with Gasteiger partial charge in [0.2, 0.25) is 0 Å². The molecule has 0 bridgehead atoms. The number of halogens is 1. The number of rotatable bonds is 13. The van der Waals surface area contributed by atoms with Crippen molar-refractivity contribution in [2.75, 3.05) is 0 Å². The van der Waals surface area contributed by atoms with Crippen LogP contribution in [0.1, 0.15) is 59.9 Å². The van der Waals surface area contributed by atoms with E-state index < -0.39 is 15.9 Å². The average molecular weight is 550 g/mol. The summed E-state index contributed by atoms with van der Waals surface area (Å²) in [5.74, 6) is 0.00454. The molecule has 0 aliphatic rings. The number of carbonyl (C=O) groups is 1. The van der Waals surface area contributed by atoms with E-state index in [1.165, 1.54) is 30.9 Å². The highest BCUT2D eigenvalue weighted by Gasteiger charge is 2.20. The number of hydrogen-bond donors (Lipinski definition) is 0. The van der Waals surface area contributed by atoms with Crippen LogP contribution in [-0.4, -0.2) is 19.2 Å². The van der Waals surface area contributed by atoms with Crippen LogP contribution in [-0.2, 0) is 29.6 Å². The van der Waals surface area contributed by atoms with E-state index in [1.807, 2.05) is 24.3 Å². The molecule has 8 heteroatoms. The average Bonchev–Trinajstić information content (AvgIpc) is 3.44. The Kier molecular flexibility index (Phi) is 9.54. The van der Waals surface area contributed by atoms with Gasteiger partial charge in [0.1, 0.15) is 22.2 Å². The van der Waals surface area contributed by atoms with Gasteiger partial charge in [0.25, 0.3) is 5.91 Å². The lowest BCUT2D eigenvalue weighted by atomic mass is 10.0. The van der Waals surface area contributed by atoms with Gasteiger partial charge in [-0.1, -0.05) is 50.5 Å². The van der Waals surface area contributed by atoms with Crippen LogP contribution in [0.5, 0.6) is 5.75 Å². The quantitative estimate of drug-likeness (QED) is 0.131. The zero-order valence-electron chi connectivity index (χ0n) is 21.9. The highest BCUT2D eigenvalue weighted by molar-refractivity contribution is 7.87. The molecule has 0 saturated carbocycles. The predicted molar refractivity (Wildman–Crippen MR) is 147 cm³/mol. The molecule has 0 atom stereocenters. The summed E-state index contributed by atoms with van der Waals surface area (Å²) in [6, 6.07) is 22.2. The number of furan rings is 1. The smallest absolute Gasteiger partial charge is 0.339 e. The van der Waals surface area contributed by atoms with Crippen molar-refractivity contribution < 1.29 is 26.2 Å². The Hall–Kier alpha value is -3.91. The summed E-state index contributed by atoms with van der Waals surface area (Å²) < 4.78 is 49.3. The normalized spacial score (nSPS) is 11.3. The van der Waals surface area contributed by atoms with Gasteiger partial charge in [0.05, 0.1) is 12.8 Å². The van der Waals surface area contributed by atoms with Crippen molar-refractivity contribution in [2.45, 2.75) is 57.0 Å². The van der Waals surface area contributed by atoms with Crippen LogP contribution in [0.25, 0.3) is 0 Å². The summed E-state index contributed by atoms with van der Waals surface area (Å²) in [6.45, 7) is 2.63. The van der Waals surface area contributed by atoms with Gasteiger partial charge in [-0.2, -0.15) is 8.42 Å². The molecule has 0 N–H and O–H groups in total. The number of benzene rings is 3. The fourth-order valence-corrected chi connectivity index (χ4v) is 5.16. The number of hydrogen-bond acceptors (Lipinski definition) is 5. The molecule has 6 nitrogen and oxygen atoms in total. The fourth-order valence-electron chi connectivity index (χ4n) is 4.23. The Morgan fingerprint density at radius 1 is 0.872 bits per heavy atom. The first-order valence-electron chi connectivity index (χ1n) is 13.0. The maximum absolute atomic E-state index is 13.5. The minimum absolute atomic E-state index is 0.0923. The van der Waals surface area contributed by atoms with E-state index in [4.69, 9.17) is 8.60 Å². The number of aryl methyl sites for hydroxylation is 1. The van der Waals surface area contributed by atoms with Gasteiger partial charge in [-0.3, -0.25) is 4.79 Å². The molecule has 0 unspecified atom stereocenters. The lowest BCUT2D eigenvalue weighted by Gasteiger charge is -2.22. The Morgan fingerprint density at radius 2 is 1.64 bits per heavy atom. The molecule has 1 amide bonds. The molecule has 0 aliphatic carbocycles. The lowest BCUT2D eigenvalue weighted by Crippen LogP contribution is -2.30. The fraction of sp³-hybridized carbons (Fsp3) is 0.258. The molecule has 3 aromatic carbocycles. The molecule has 4 rings (SSSR count). The number of unbranched alkanes of at least 4 members (excludes halogenated alkanes) is 3. The number of carbonyl (C=O) groups excluding carboxylic acids is 1. The molecule has 1 aromatic heterocycles. The summed E-state index contributed by atoms with van der Waals surface area (Å²) in [6.07, 6.45) is 7.28. The van der Waals surface area contributed by atoms with Crippen LogP contribution >= 0.6 is 0 Å². The first-order chi connectivity index (χ1) is 18.8. The number of amides is 1. The molecular formula is C31H32FNO5S. The minimum atomic E-state index is -4.15. The molecule has 0 radical (unpaired) electrons. The Morgan fingerprint density at radius 3 is 2.33 bits per heavy atom. The summed E-state index contributed by atoms with van der Waals surface area (Å²) in [4.78, 5) is 15.0. The first kappa shape index (κ1) is 28.1. The molecule has 204 valence electrons. The van der Waals surface area contributed by atoms with E-state index in [0.717, 1.165) is 37.1 Å². The molecule has 39 heavy (non-hydrogen) atoms. The van der Waals surface area contributed by atoms with E-state index in [-0.39, 0.29) is 29.6 Å². The zero-order chi connectivity index (χ0) is 27.7. The van der Waals surface area contributed by atoms with Crippen molar-refractivity contribution in [3.63, 3.8) is 0 Å². The molecular weight excluding hydrogens is 517 g/mol. The molecule has 4 aromatic rings. The van der Waals surface area contributed by atoms with Crippen LogP contribution in [0, 0.1) is 5.82 Å². The van der Waals surface area contributed by atoms with Gasteiger partial charge in [-0.25, -0.2) is 4.39 Å². The van der Waals surface area contributed by atoms with Crippen LogP contribution in [0.15, 0.2) is 101 Å². The second-order valence-electron chi connectivity index (χ2n) is 9.39. The van der Waals surface area contributed by atoms with Gasteiger partial charge < -0.3 is 13.5 Å². The largest absolute Gasteiger partial charge is 0.467 e. The van der Waals surface area contributed by atoms with Crippen LogP contribution in [0.3, 0.4) is 0 Å². The Bertz CT molecular complexity index is 1450. The van der Waals surface area contributed by atoms with Gasteiger partial charge in [0.15, 0.2) is 0 Å². The molecule has 0 spiro atoms. The maximum Gasteiger partial charge on any atom is 0.339 e. The third kappa shape index (κ3) is 8.04. The van der Waals surface area contributed by atoms with Crippen LogP contribution in [0.2, 0.25) is 0 Å². The highest BCUT2D eigenvalue weighted by atomic mass is 32.2. The summed E-state index contributed by atoms with van der Waals surface area (Å²) in [5, 5.41) is 0. The summed E-state index contributed by atoms with van der Waals surface area (Å²) >= 11 is 0. The third-order valence-corrected chi connectivity index (χ3v) is 7.58. The van der Waals surface area contributed by atoms with Crippen molar-refractivity contribution in [2.24, 2.45) is 0 Å². The van der Waals surface area contributed by atoms with Gasteiger partial charge in [0, 0.05) is 12.1 Å². The van der Waals surface area contributed by atoms with E-state index in [0.29, 0.717) is 16.9 Å². The van der Waals surface area contributed by atoms with Crippen molar-refractivity contribution in [3.8, 4) is 5.75 Å². The molecule has 0 saturated heterocycles. The van der Waals surface area contributed by atoms with Crippen LogP contribution in [0.4, 0.5) is 4.39 Å². The van der Waals surface area contributed by atoms with Gasteiger partial charge in [-0.15, -0.1) is 0 Å². The predicted octanol–water partition coefficient (Wildman–Crippen LogP) is 7.15. The maximum atomic E-state index is 13.5. The van der Waals surface area contributed by atoms with Gasteiger partial charge in [-0.05, 0) is 84.6 Å². The highest BCUT2D eigenvalue weighted by Crippen LogP contribution is 2.23. The van der Waals surface area contributed by atoms with E-state index in [2.05, 4.69) is 6.92 Å². The van der Waals surface area contributed by atoms with E-state index in [9.17, 15) is 17.6 Å². The van der Waals surface area contributed by atoms with Gasteiger partial charge >= 0.3 is 10.1 Å². The molecule has 0 aliphatic heterocycles. The Balaban J connectivity index is 1.50. The minimum Gasteiger partial charge on any atom is -0.467 e. The van der Waals surface area contributed by atoms with Crippen molar-refractivity contribution >= 4 is 16.0 Å². The second kappa shape index (κ2) is 13.2. The lowest BCUT2D eigenvalue weighted by molar-refractivity contribution is 0.0717. The first-order valence-corrected chi connectivity index (χ1v) is 14.4. The molecule has 0 fully saturated rings. The summed E-state index contributed by atoms with van der Waals surface area (Å²) in [7, 11) is -4.15. The number of nitrogens with zero attached hydrogens (tertiary/aromatic N) is 1. The van der Waals surface area contributed by atoms with Crippen LogP contribution < -0.4 is 4.18 Å². The van der Waals surface area contributed by atoms with E-state index in [1.54, 1.807) is 41.5 Å². The van der Waals surface area contributed by atoms with Crippen molar-refractivity contribution in [1.82, 2.24) is 4.90 Å². The summed E-state index contributed by atoms with van der Waals surface area (Å²) in [5.41, 5.74) is 2.44. The second-order valence-corrected chi connectivity index (χ2v) is 10.9.